The number of rotatable bonds is 3. The maximum Gasteiger partial charge on any atom is 0.137 e. The Kier molecular flexibility index (Phi) is 5.03. The zero-order chi connectivity index (χ0) is 28.8. The number of furan rings is 1. The zero-order valence-corrected chi connectivity index (χ0v) is 25.0. The Hall–Kier alpha value is -5.23. The molecule has 0 atom stereocenters. The van der Waals surface area contributed by atoms with Crippen LogP contribution in [0.15, 0.2) is 138 Å². The predicted octanol–water partition coefficient (Wildman–Crippen LogP) is 12.3. The van der Waals surface area contributed by atoms with E-state index in [1.165, 1.54) is 45.7 Å². The Balaban J connectivity index is 1.22. The van der Waals surface area contributed by atoms with Gasteiger partial charge in [-0.15, -0.1) is 22.7 Å². The van der Waals surface area contributed by atoms with Crippen molar-refractivity contribution in [3.8, 4) is 0 Å². The topological polar surface area (TPSA) is 29.3 Å². The van der Waals surface area contributed by atoms with Crippen LogP contribution in [-0.2, 0) is 0 Å². The lowest BCUT2D eigenvalue weighted by Crippen LogP contribution is -2.10. The molecule has 6 aromatic carbocycles. The normalized spacial score (nSPS) is 12.1. The molecule has 0 radical (unpaired) electrons. The first-order valence-corrected chi connectivity index (χ1v) is 16.2. The summed E-state index contributed by atoms with van der Waals surface area (Å²) in [6.07, 6.45) is 2.02. The highest BCUT2D eigenvalue weighted by molar-refractivity contribution is 7.26. The second kappa shape index (κ2) is 9.13. The van der Waals surface area contributed by atoms with Gasteiger partial charge in [-0.2, -0.15) is 0 Å². The molecular weight excluding hydrogens is 577 g/mol. The average molecular weight is 599 g/mol. The van der Waals surface area contributed by atoms with Crippen LogP contribution >= 0.6 is 22.7 Å². The van der Waals surface area contributed by atoms with Crippen LogP contribution in [0.5, 0.6) is 0 Å². The molecule has 0 unspecified atom stereocenters. The quantitative estimate of drug-likeness (QED) is 0.203. The lowest BCUT2D eigenvalue weighted by molar-refractivity contribution is 0.669. The van der Waals surface area contributed by atoms with Crippen molar-refractivity contribution in [3.05, 3.63) is 134 Å². The van der Waals surface area contributed by atoms with Gasteiger partial charge in [0, 0.05) is 58.5 Å². The number of pyridine rings is 1. The molecule has 206 valence electrons. The van der Waals surface area contributed by atoms with Crippen LogP contribution in [0.1, 0.15) is 0 Å². The van der Waals surface area contributed by atoms with Gasteiger partial charge >= 0.3 is 0 Å². The summed E-state index contributed by atoms with van der Waals surface area (Å²) in [5.41, 5.74) is 5.96. The lowest BCUT2D eigenvalue weighted by Gasteiger charge is -2.25. The first kappa shape index (κ1) is 24.2. The van der Waals surface area contributed by atoms with E-state index in [1.807, 2.05) is 41.0 Å². The van der Waals surface area contributed by atoms with Gasteiger partial charge in [0.25, 0.3) is 0 Å². The minimum Gasteiger partial charge on any atom is -0.456 e. The molecular formula is C39H22N2OS2. The third-order valence-electron chi connectivity index (χ3n) is 8.68. The molecule has 0 aliphatic carbocycles. The van der Waals surface area contributed by atoms with E-state index in [0.717, 1.165) is 44.5 Å². The summed E-state index contributed by atoms with van der Waals surface area (Å²) in [4.78, 5) is 7.41. The van der Waals surface area contributed by atoms with Crippen LogP contribution in [0.3, 0.4) is 0 Å². The zero-order valence-electron chi connectivity index (χ0n) is 23.3. The van der Waals surface area contributed by atoms with E-state index in [9.17, 15) is 0 Å². The highest BCUT2D eigenvalue weighted by Gasteiger charge is 2.19. The summed E-state index contributed by atoms with van der Waals surface area (Å²) >= 11 is 3.66. The van der Waals surface area contributed by atoms with Crippen LogP contribution in [0.25, 0.3) is 73.2 Å². The minimum absolute atomic E-state index is 0.873. The number of benzene rings is 6. The van der Waals surface area contributed by atoms with E-state index >= 15 is 0 Å². The van der Waals surface area contributed by atoms with Crippen molar-refractivity contribution >= 4 is 113 Å². The number of thiophene rings is 2. The molecule has 4 heterocycles. The van der Waals surface area contributed by atoms with Crippen molar-refractivity contribution in [2.45, 2.75) is 0 Å². The maximum atomic E-state index is 6.34. The molecule has 0 N–H and O–H groups in total. The molecule has 0 spiro atoms. The Bertz CT molecular complexity index is 2750. The van der Waals surface area contributed by atoms with Gasteiger partial charge in [-0.05, 0) is 59.3 Å². The van der Waals surface area contributed by atoms with Crippen LogP contribution in [0, 0.1) is 0 Å². The smallest absolute Gasteiger partial charge is 0.137 e. The van der Waals surface area contributed by atoms with E-state index in [4.69, 9.17) is 9.40 Å². The van der Waals surface area contributed by atoms with E-state index in [-0.39, 0.29) is 0 Å². The Morgan fingerprint density at radius 3 is 2.16 bits per heavy atom. The lowest BCUT2D eigenvalue weighted by atomic mass is 10.1. The van der Waals surface area contributed by atoms with E-state index < -0.39 is 0 Å². The van der Waals surface area contributed by atoms with Gasteiger partial charge in [-0.1, -0.05) is 72.8 Å². The molecule has 0 saturated carbocycles. The summed E-state index contributed by atoms with van der Waals surface area (Å²) in [6.45, 7) is 0. The molecule has 10 rings (SSSR count). The minimum atomic E-state index is 0.873. The van der Waals surface area contributed by atoms with Gasteiger partial charge in [0.05, 0.1) is 22.1 Å². The number of para-hydroxylation sites is 1. The number of hydrogen-bond acceptors (Lipinski definition) is 5. The number of fused-ring (bicyclic) bond motifs is 11. The summed E-state index contributed by atoms with van der Waals surface area (Å²) in [6, 6.07) is 45.5. The third-order valence-corrected chi connectivity index (χ3v) is 11.0. The fourth-order valence-corrected chi connectivity index (χ4v) is 8.96. The predicted molar refractivity (Wildman–Crippen MR) is 189 cm³/mol. The molecule has 3 nitrogen and oxygen atoms in total. The van der Waals surface area contributed by atoms with Crippen molar-refractivity contribution in [2.75, 3.05) is 4.90 Å². The third kappa shape index (κ3) is 3.51. The number of aromatic nitrogens is 1. The van der Waals surface area contributed by atoms with E-state index in [0.29, 0.717) is 0 Å². The van der Waals surface area contributed by atoms with E-state index in [2.05, 4.69) is 120 Å². The standard InChI is InChI=1S/C39H22N2OS2/c1-2-8-27-23(7-1)13-16-31-38-37(44-39(27)31)21-26(22-40-38)41(24-15-18-36-32(19-24)30-10-4-6-12-35(30)43-36)25-14-17-29-28-9-3-5-11-33(28)42-34(29)20-25/h1-22H. The van der Waals surface area contributed by atoms with Crippen LogP contribution in [0.4, 0.5) is 17.1 Å². The molecule has 0 aliphatic heterocycles. The van der Waals surface area contributed by atoms with Crippen molar-refractivity contribution in [1.29, 1.82) is 0 Å². The fourth-order valence-electron chi connectivity index (χ4n) is 6.64. The molecule has 10 aromatic rings. The van der Waals surface area contributed by atoms with Gasteiger partial charge < -0.3 is 9.32 Å². The van der Waals surface area contributed by atoms with Crippen LogP contribution < -0.4 is 4.90 Å². The van der Waals surface area contributed by atoms with Gasteiger partial charge in [0.1, 0.15) is 11.2 Å². The molecule has 0 fully saturated rings. The molecule has 44 heavy (non-hydrogen) atoms. The molecule has 0 amide bonds. The van der Waals surface area contributed by atoms with Crippen molar-refractivity contribution in [3.63, 3.8) is 0 Å². The second-order valence-electron chi connectivity index (χ2n) is 11.2. The van der Waals surface area contributed by atoms with Gasteiger partial charge in [-0.3, -0.25) is 4.98 Å². The summed E-state index contributed by atoms with van der Waals surface area (Å²) in [5.74, 6) is 0. The van der Waals surface area contributed by atoms with E-state index in [1.54, 1.807) is 0 Å². The Morgan fingerprint density at radius 1 is 0.477 bits per heavy atom. The van der Waals surface area contributed by atoms with Crippen molar-refractivity contribution in [1.82, 2.24) is 4.98 Å². The van der Waals surface area contributed by atoms with Gasteiger partial charge in [0.15, 0.2) is 0 Å². The summed E-state index contributed by atoms with van der Waals surface area (Å²) < 4.78 is 11.4. The first-order chi connectivity index (χ1) is 21.8. The highest BCUT2D eigenvalue weighted by atomic mass is 32.1. The Morgan fingerprint density at radius 2 is 1.20 bits per heavy atom. The average Bonchev–Trinajstić information content (AvgIpc) is 3.75. The molecule has 0 bridgehead atoms. The summed E-state index contributed by atoms with van der Waals surface area (Å²) in [7, 11) is 0. The fraction of sp³-hybridized carbons (Fsp3) is 0. The van der Waals surface area contributed by atoms with Gasteiger partial charge in [-0.25, -0.2) is 0 Å². The molecule has 4 aromatic heterocycles. The largest absolute Gasteiger partial charge is 0.456 e. The molecule has 0 saturated heterocycles. The van der Waals surface area contributed by atoms with Crippen molar-refractivity contribution in [2.24, 2.45) is 0 Å². The number of hydrogen-bond donors (Lipinski definition) is 0. The monoisotopic (exact) mass is 598 g/mol. The number of nitrogens with zero attached hydrogens (tertiary/aromatic N) is 2. The SMILES string of the molecule is c1ccc2c(c1)ccc1c3ncc(N(c4ccc5c(c4)oc4ccccc45)c4ccc5sc6ccccc6c5c4)cc3sc21. The summed E-state index contributed by atoms with van der Waals surface area (Å²) in [5, 5.41) is 8.53. The second-order valence-corrected chi connectivity index (χ2v) is 13.3. The first-order valence-electron chi connectivity index (χ1n) is 14.6. The maximum absolute atomic E-state index is 6.34. The highest BCUT2D eigenvalue weighted by Crippen LogP contribution is 2.44. The molecule has 0 aliphatic rings. The van der Waals surface area contributed by atoms with Crippen LogP contribution in [0.2, 0.25) is 0 Å². The van der Waals surface area contributed by atoms with Crippen LogP contribution in [-0.4, -0.2) is 4.98 Å². The van der Waals surface area contributed by atoms with Crippen molar-refractivity contribution < 1.29 is 4.42 Å². The number of anilines is 3. The Labute approximate surface area is 259 Å². The molecule has 5 heteroatoms. The van der Waals surface area contributed by atoms with Gasteiger partial charge in [0.2, 0.25) is 0 Å².